The average molecular weight is 310 g/mol. The van der Waals surface area contributed by atoms with Gasteiger partial charge in [0.1, 0.15) is 0 Å². The Balaban J connectivity index is 1.75. The van der Waals surface area contributed by atoms with Crippen molar-refractivity contribution in [2.45, 2.75) is 38.1 Å². The molecule has 0 aromatic heterocycles. The summed E-state index contributed by atoms with van der Waals surface area (Å²) < 4.78 is 32.3. The number of fused-ring (bicyclic) bond motifs is 1. The van der Waals surface area contributed by atoms with Gasteiger partial charge in [0.25, 0.3) is 0 Å². The number of carbonyl (C=O) groups excluding carboxylic acids is 1. The molecule has 2 atom stereocenters. The van der Waals surface area contributed by atoms with Crippen molar-refractivity contribution in [1.29, 1.82) is 0 Å². The summed E-state index contributed by atoms with van der Waals surface area (Å²) in [7, 11) is 1.27. The van der Waals surface area contributed by atoms with Gasteiger partial charge < -0.3 is 15.0 Å². The van der Waals surface area contributed by atoms with Gasteiger partial charge in [0, 0.05) is 24.7 Å². The number of amides is 2. The molecule has 1 N–H and O–H groups in total. The highest BCUT2D eigenvalue weighted by Gasteiger charge is 2.37. The summed E-state index contributed by atoms with van der Waals surface area (Å²) in [4.78, 5) is 14.2. The van der Waals surface area contributed by atoms with Crippen molar-refractivity contribution in [3.63, 3.8) is 0 Å². The molecule has 4 nitrogen and oxygen atoms in total. The van der Waals surface area contributed by atoms with Gasteiger partial charge in [-0.1, -0.05) is 6.42 Å². The Morgan fingerprint density at radius 3 is 2.77 bits per heavy atom. The van der Waals surface area contributed by atoms with E-state index in [-0.39, 0.29) is 23.5 Å². The molecule has 1 aliphatic carbocycles. The van der Waals surface area contributed by atoms with Crippen LogP contribution in [-0.4, -0.2) is 30.6 Å². The van der Waals surface area contributed by atoms with Crippen LogP contribution in [0.1, 0.15) is 32.1 Å². The second-order valence-electron chi connectivity index (χ2n) is 5.99. The normalized spacial score (nSPS) is 24.0. The second-order valence-corrected chi connectivity index (χ2v) is 5.99. The van der Waals surface area contributed by atoms with Crippen LogP contribution in [0.25, 0.3) is 0 Å². The summed E-state index contributed by atoms with van der Waals surface area (Å²) in [6, 6.07) is 1.79. The zero-order valence-electron chi connectivity index (χ0n) is 12.6. The molecule has 2 aliphatic rings. The Hall–Kier alpha value is -1.85. The number of carbonyl (C=O) groups is 1. The molecule has 22 heavy (non-hydrogen) atoms. The van der Waals surface area contributed by atoms with Crippen LogP contribution in [0.15, 0.2) is 12.1 Å². The Morgan fingerprint density at radius 1 is 1.23 bits per heavy atom. The van der Waals surface area contributed by atoms with Crippen LogP contribution in [0.4, 0.5) is 19.3 Å². The van der Waals surface area contributed by atoms with E-state index < -0.39 is 11.6 Å². The minimum Gasteiger partial charge on any atom is -0.494 e. The summed E-state index contributed by atoms with van der Waals surface area (Å²) in [5, 5.41) is 2.50. The SMILES string of the molecule is COc1cc(F)c(NC(=O)N2CCC[C@H]3CCC[C@H]32)cc1F. The maximum atomic E-state index is 13.9. The van der Waals surface area contributed by atoms with Crippen LogP contribution < -0.4 is 10.1 Å². The number of anilines is 1. The molecule has 0 bridgehead atoms. The zero-order valence-corrected chi connectivity index (χ0v) is 12.6. The molecule has 1 aromatic rings. The third-order valence-electron chi connectivity index (χ3n) is 4.74. The topological polar surface area (TPSA) is 41.6 Å². The van der Waals surface area contributed by atoms with Gasteiger partial charge in [0.05, 0.1) is 12.8 Å². The van der Waals surface area contributed by atoms with Gasteiger partial charge in [-0.25, -0.2) is 13.6 Å². The van der Waals surface area contributed by atoms with E-state index in [2.05, 4.69) is 5.32 Å². The molecule has 1 saturated heterocycles. The molecule has 3 rings (SSSR count). The molecule has 0 unspecified atom stereocenters. The second kappa shape index (κ2) is 6.10. The van der Waals surface area contributed by atoms with E-state index in [0.717, 1.165) is 44.2 Å². The molecular weight excluding hydrogens is 290 g/mol. The van der Waals surface area contributed by atoms with Crippen molar-refractivity contribution in [3.8, 4) is 5.75 Å². The molecule has 2 fully saturated rings. The number of rotatable bonds is 2. The highest BCUT2D eigenvalue weighted by atomic mass is 19.1. The molecule has 1 heterocycles. The summed E-state index contributed by atoms with van der Waals surface area (Å²) in [5.74, 6) is -1.02. The van der Waals surface area contributed by atoms with Crippen molar-refractivity contribution in [3.05, 3.63) is 23.8 Å². The predicted molar refractivity (Wildman–Crippen MR) is 79.0 cm³/mol. The monoisotopic (exact) mass is 310 g/mol. The number of nitrogens with zero attached hydrogens (tertiary/aromatic N) is 1. The van der Waals surface area contributed by atoms with E-state index in [4.69, 9.17) is 4.74 Å². The lowest BCUT2D eigenvalue weighted by atomic mass is 9.92. The van der Waals surface area contributed by atoms with Crippen molar-refractivity contribution >= 4 is 11.7 Å². The van der Waals surface area contributed by atoms with E-state index in [1.54, 1.807) is 4.90 Å². The molecule has 0 radical (unpaired) electrons. The number of urea groups is 1. The summed E-state index contributed by atoms with van der Waals surface area (Å²) in [6.07, 6.45) is 5.40. The van der Waals surface area contributed by atoms with Gasteiger partial charge in [-0.05, 0) is 31.6 Å². The minimum absolute atomic E-state index is 0.150. The first-order valence-electron chi connectivity index (χ1n) is 7.71. The van der Waals surface area contributed by atoms with Crippen LogP contribution in [0.5, 0.6) is 5.75 Å². The first-order valence-corrected chi connectivity index (χ1v) is 7.71. The quantitative estimate of drug-likeness (QED) is 0.903. The number of hydrogen-bond acceptors (Lipinski definition) is 2. The smallest absolute Gasteiger partial charge is 0.322 e. The van der Waals surface area contributed by atoms with Crippen LogP contribution in [0.2, 0.25) is 0 Å². The third kappa shape index (κ3) is 2.74. The van der Waals surface area contributed by atoms with Gasteiger partial charge in [-0.3, -0.25) is 0 Å². The fourth-order valence-electron chi connectivity index (χ4n) is 3.67. The molecular formula is C16H20F2N2O2. The van der Waals surface area contributed by atoms with Gasteiger partial charge in [-0.15, -0.1) is 0 Å². The number of ether oxygens (including phenoxy) is 1. The maximum absolute atomic E-state index is 13.9. The molecule has 120 valence electrons. The first kappa shape index (κ1) is 15.1. The Labute approximate surface area is 128 Å². The standard InChI is InChI=1S/C16H20F2N2O2/c1-22-15-9-11(17)13(8-12(15)18)19-16(21)20-7-3-5-10-4-2-6-14(10)20/h8-10,14H,2-7H2,1H3,(H,19,21)/t10-,14-/m1/s1. The molecule has 1 aromatic carbocycles. The fourth-order valence-corrected chi connectivity index (χ4v) is 3.67. The Bertz CT molecular complexity index is 580. The van der Waals surface area contributed by atoms with Gasteiger partial charge in [0.2, 0.25) is 0 Å². The molecule has 1 aliphatic heterocycles. The average Bonchev–Trinajstić information content (AvgIpc) is 2.98. The van der Waals surface area contributed by atoms with Crippen molar-refractivity contribution in [2.75, 3.05) is 19.0 Å². The van der Waals surface area contributed by atoms with E-state index in [1.165, 1.54) is 7.11 Å². The summed E-state index contributed by atoms with van der Waals surface area (Å²) in [5.41, 5.74) is -0.150. The number of likely N-dealkylation sites (tertiary alicyclic amines) is 1. The first-order chi connectivity index (χ1) is 10.6. The van der Waals surface area contributed by atoms with E-state index in [1.807, 2.05) is 0 Å². The molecule has 2 amide bonds. The number of halogens is 2. The third-order valence-corrected chi connectivity index (χ3v) is 4.74. The lowest BCUT2D eigenvalue weighted by Gasteiger charge is -2.37. The summed E-state index contributed by atoms with van der Waals surface area (Å²) in [6.45, 7) is 0.674. The van der Waals surface area contributed by atoms with Gasteiger partial charge >= 0.3 is 6.03 Å². The largest absolute Gasteiger partial charge is 0.494 e. The number of methoxy groups -OCH3 is 1. The van der Waals surface area contributed by atoms with Gasteiger partial charge in [-0.2, -0.15) is 0 Å². The highest BCUT2D eigenvalue weighted by molar-refractivity contribution is 5.90. The molecule has 0 spiro atoms. The fraction of sp³-hybridized carbons (Fsp3) is 0.562. The van der Waals surface area contributed by atoms with E-state index in [9.17, 15) is 13.6 Å². The van der Waals surface area contributed by atoms with Crippen LogP contribution in [0, 0.1) is 17.6 Å². The van der Waals surface area contributed by atoms with Crippen LogP contribution in [0.3, 0.4) is 0 Å². The molecule has 6 heteroatoms. The van der Waals surface area contributed by atoms with Crippen LogP contribution >= 0.6 is 0 Å². The summed E-state index contributed by atoms with van der Waals surface area (Å²) >= 11 is 0. The number of nitrogens with one attached hydrogen (secondary N) is 1. The Kier molecular flexibility index (Phi) is 4.18. The minimum atomic E-state index is -0.702. The van der Waals surface area contributed by atoms with E-state index >= 15 is 0 Å². The van der Waals surface area contributed by atoms with Crippen molar-refractivity contribution < 1.29 is 18.3 Å². The number of benzene rings is 1. The number of hydrogen-bond donors (Lipinski definition) is 1. The highest BCUT2D eigenvalue weighted by Crippen LogP contribution is 2.37. The lowest BCUT2D eigenvalue weighted by molar-refractivity contribution is 0.138. The predicted octanol–water partition coefficient (Wildman–Crippen LogP) is 3.77. The maximum Gasteiger partial charge on any atom is 0.322 e. The van der Waals surface area contributed by atoms with E-state index in [0.29, 0.717) is 12.5 Å². The van der Waals surface area contributed by atoms with Crippen molar-refractivity contribution in [1.82, 2.24) is 4.90 Å². The Morgan fingerprint density at radius 2 is 2.00 bits per heavy atom. The van der Waals surface area contributed by atoms with Crippen molar-refractivity contribution in [2.24, 2.45) is 5.92 Å². The van der Waals surface area contributed by atoms with Crippen LogP contribution in [-0.2, 0) is 0 Å². The molecule has 1 saturated carbocycles. The van der Waals surface area contributed by atoms with Gasteiger partial charge in [0.15, 0.2) is 17.4 Å². The number of piperidine rings is 1. The zero-order chi connectivity index (χ0) is 15.7. The lowest BCUT2D eigenvalue weighted by Crippen LogP contribution is -2.48.